The van der Waals surface area contributed by atoms with Crippen LogP contribution in [0.15, 0.2) is 24.3 Å². The molecule has 1 heterocycles. The molecule has 2 unspecified atom stereocenters. The maximum atomic E-state index is 5.76. The molecule has 1 saturated carbocycles. The summed E-state index contributed by atoms with van der Waals surface area (Å²) in [6, 6.07) is 9.62. The monoisotopic (exact) mass is 216 g/mol. The van der Waals surface area contributed by atoms with Crippen molar-refractivity contribution in [2.45, 2.75) is 31.7 Å². The van der Waals surface area contributed by atoms with Gasteiger partial charge >= 0.3 is 0 Å². The molecule has 0 saturated heterocycles. The fourth-order valence-corrected chi connectivity index (χ4v) is 3.52. The van der Waals surface area contributed by atoms with E-state index < -0.39 is 0 Å². The smallest absolute Gasteiger partial charge is 0.0401 e. The molecule has 0 radical (unpaired) electrons. The summed E-state index contributed by atoms with van der Waals surface area (Å²) in [5.74, 6) is 0.876. The second-order valence-corrected chi connectivity index (χ2v) is 5.07. The molecule has 3 rings (SSSR count). The van der Waals surface area contributed by atoms with Gasteiger partial charge < -0.3 is 10.6 Å². The summed E-state index contributed by atoms with van der Waals surface area (Å²) in [6.07, 6.45) is 5.44. The van der Waals surface area contributed by atoms with Gasteiger partial charge in [-0.05, 0) is 36.8 Å². The minimum Gasteiger partial charge on any atom is -0.367 e. The highest BCUT2D eigenvalue weighted by Crippen LogP contribution is 2.41. The zero-order valence-corrected chi connectivity index (χ0v) is 9.73. The Kier molecular flexibility index (Phi) is 2.60. The molecule has 0 bridgehead atoms. The molecule has 1 aliphatic carbocycles. The van der Waals surface area contributed by atoms with Crippen molar-refractivity contribution in [2.75, 3.05) is 18.0 Å². The van der Waals surface area contributed by atoms with E-state index in [0.717, 1.165) is 25.0 Å². The first kappa shape index (κ1) is 10.2. The topological polar surface area (TPSA) is 29.3 Å². The molecule has 0 amide bonds. The molecule has 2 nitrogen and oxygen atoms in total. The molecule has 2 N–H and O–H groups in total. The second kappa shape index (κ2) is 4.10. The first-order valence-electron chi connectivity index (χ1n) is 6.45. The van der Waals surface area contributed by atoms with Crippen LogP contribution in [-0.4, -0.2) is 19.1 Å². The number of fused-ring (bicyclic) bond motifs is 2. The predicted molar refractivity (Wildman–Crippen MR) is 67.7 cm³/mol. The van der Waals surface area contributed by atoms with Crippen molar-refractivity contribution in [1.82, 2.24) is 0 Å². The number of benzene rings is 1. The number of nitrogens with two attached hydrogens (primary N) is 1. The highest BCUT2D eigenvalue weighted by Gasteiger charge is 2.36. The molecule has 16 heavy (non-hydrogen) atoms. The van der Waals surface area contributed by atoms with E-state index in [-0.39, 0.29) is 0 Å². The normalized spacial score (nSPS) is 27.7. The van der Waals surface area contributed by atoms with E-state index in [0.29, 0.717) is 0 Å². The molecule has 2 aliphatic rings. The molecule has 86 valence electrons. The molecule has 1 aromatic carbocycles. The number of rotatable bonds is 2. The van der Waals surface area contributed by atoms with E-state index in [1.165, 1.54) is 36.9 Å². The van der Waals surface area contributed by atoms with Gasteiger partial charge in [0.1, 0.15) is 0 Å². The zero-order chi connectivity index (χ0) is 11.0. The Morgan fingerprint density at radius 1 is 1.25 bits per heavy atom. The molecule has 2 heteroatoms. The minimum atomic E-state index is 0.761. The Labute approximate surface area is 97.4 Å². The van der Waals surface area contributed by atoms with E-state index >= 15 is 0 Å². The van der Waals surface area contributed by atoms with Gasteiger partial charge in [-0.1, -0.05) is 24.6 Å². The highest BCUT2D eigenvalue weighted by molar-refractivity contribution is 5.57. The van der Waals surface area contributed by atoms with Crippen molar-refractivity contribution in [3.8, 4) is 0 Å². The average molecular weight is 216 g/mol. The summed E-state index contributed by atoms with van der Waals surface area (Å²) in [5.41, 5.74) is 8.73. The number of nitrogens with zero attached hydrogens (tertiary/aromatic N) is 1. The van der Waals surface area contributed by atoms with Crippen LogP contribution < -0.4 is 10.6 Å². The van der Waals surface area contributed by atoms with Crippen LogP contribution in [0.3, 0.4) is 0 Å². The van der Waals surface area contributed by atoms with E-state index in [4.69, 9.17) is 5.73 Å². The number of hydrogen-bond acceptors (Lipinski definition) is 2. The fourth-order valence-electron chi connectivity index (χ4n) is 3.52. The van der Waals surface area contributed by atoms with Gasteiger partial charge in [0, 0.05) is 24.8 Å². The van der Waals surface area contributed by atoms with Gasteiger partial charge in [-0.25, -0.2) is 0 Å². The second-order valence-electron chi connectivity index (χ2n) is 5.07. The fraction of sp³-hybridized carbons (Fsp3) is 0.571. The first-order valence-corrected chi connectivity index (χ1v) is 6.45. The number of para-hydroxylation sites is 1. The van der Waals surface area contributed by atoms with Crippen LogP contribution >= 0.6 is 0 Å². The van der Waals surface area contributed by atoms with Gasteiger partial charge in [0.05, 0.1) is 0 Å². The molecule has 0 spiro atoms. The summed E-state index contributed by atoms with van der Waals surface area (Å²) >= 11 is 0. The van der Waals surface area contributed by atoms with E-state index in [9.17, 15) is 0 Å². The van der Waals surface area contributed by atoms with Gasteiger partial charge in [0.15, 0.2) is 0 Å². The average Bonchev–Trinajstić information content (AvgIpc) is 2.77. The Morgan fingerprint density at radius 3 is 3.00 bits per heavy atom. The van der Waals surface area contributed by atoms with Crippen LogP contribution in [0.5, 0.6) is 0 Å². The summed E-state index contributed by atoms with van der Waals surface area (Å²) in [4.78, 5) is 2.57. The third-order valence-corrected chi connectivity index (χ3v) is 4.17. The first-order chi connectivity index (χ1) is 7.90. The van der Waals surface area contributed by atoms with Gasteiger partial charge in [0.2, 0.25) is 0 Å². The van der Waals surface area contributed by atoms with Crippen molar-refractivity contribution < 1.29 is 0 Å². The Hall–Kier alpha value is -1.02. The minimum absolute atomic E-state index is 0.761. The third-order valence-electron chi connectivity index (χ3n) is 4.17. The van der Waals surface area contributed by atoms with E-state index in [2.05, 4.69) is 29.2 Å². The lowest BCUT2D eigenvalue weighted by molar-refractivity contribution is 0.427. The SMILES string of the molecule is NCCN1c2ccccc2CC2CCCC21. The Bertz CT molecular complexity index is 375. The van der Waals surface area contributed by atoms with Crippen molar-refractivity contribution in [2.24, 2.45) is 11.7 Å². The lowest BCUT2D eigenvalue weighted by Crippen LogP contribution is -2.45. The van der Waals surface area contributed by atoms with Crippen LogP contribution in [0.4, 0.5) is 5.69 Å². The Balaban J connectivity index is 1.98. The molecular weight excluding hydrogens is 196 g/mol. The number of hydrogen-bond donors (Lipinski definition) is 1. The summed E-state index contributed by atoms with van der Waals surface area (Å²) in [6.45, 7) is 1.77. The Morgan fingerprint density at radius 2 is 2.12 bits per heavy atom. The maximum Gasteiger partial charge on any atom is 0.0401 e. The molecule has 1 fully saturated rings. The van der Waals surface area contributed by atoms with Gasteiger partial charge in [-0.2, -0.15) is 0 Å². The van der Waals surface area contributed by atoms with Crippen LogP contribution in [0.2, 0.25) is 0 Å². The van der Waals surface area contributed by atoms with E-state index in [1.807, 2.05) is 0 Å². The predicted octanol–water partition coefficient (Wildman–Crippen LogP) is 2.18. The standard InChI is InChI=1S/C14H20N2/c15-8-9-16-13-6-2-1-4-11(13)10-12-5-3-7-14(12)16/h1-2,4,6,12,14H,3,5,7-10,15H2. The summed E-state index contributed by atoms with van der Waals surface area (Å²) in [5, 5.41) is 0. The molecule has 0 aromatic heterocycles. The molecular formula is C14H20N2. The van der Waals surface area contributed by atoms with Gasteiger partial charge in [-0.3, -0.25) is 0 Å². The van der Waals surface area contributed by atoms with Crippen molar-refractivity contribution in [1.29, 1.82) is 0 Å². The lowest BCUT2D eigenvalue weighted by atomic mass is 9.87. The van der Waals surface area contributed by atoms with Crippen LogP contribution in [0, 0.1) is 5.92 Å². The lowest BCUT2D eigenvalue weighted by Gasteiger charge is -2.40. The van der Waals surface area contributed by atoms with Crippen LogP contribution in [0.25, 0.3) is 0 Å². The maximum absolute atomic E-state index is 5.76. The summed E-state index contributed by atoms with van der Waals surface area (Å²) in [7, 11) is 0. The quantitative estimate of drug-likeness (QED) is 0.821. The molecule has 2 atom stereocenters. The molecule has 1 aliphatic heterocycles. The van der Waals surface area contributed by atoms with Crippen molar-refractivity contribution in [3.63, 3.8) is 0 Å². The third kappa shape index (κ3) is 1.52. The van der Waals surface area contributed by atoms with Gasteiger partial charge in [0.25, 0.3) is 0 Å². The largest absolute Gasteiger partial charge is 0.367 e. The van der Waals surface area contributed by atoms with Crippen molar-refractivity contribution >= 4 is 5.69 Å². The summed E-state index contributed by atoms with van der Waals surface area (Å²) < 4.78 is 0. The zero-order valence-electron chi connectivity index (χ0n) is 9.73. The van der Waals surface area contributed by atoms with E-state index in [1.54, 1.807) is 0 Å². The van der Waals surface area contributed by atoms with Crippen molar-refractivity contribution in [3.05, 3.63) is 29.8 Å². The molecule has 1 aromatic rings. The van der Waals surface area contributed by atoms with Crippen LogP contribution in [-0.2, 0) is 6.42 Å². The number of anilines is 1. The van der Waals surface area contributed by atoms with Crippen LogP contribution in [0.1, 0.15) is 24.8 Å². The van der Waals surface area contributed by atoms with Gasteiger partial charge in [-0.15, -0.1) is 0 Å². The highest BCUT2D eigenvalue weighted by atomic mass is 15.2.